The highest BCUT2D eigenvalue weighted by molar-refractivity contribution is 5.76. The first-order valence-corrected chi connectivity index (χ1v) is 9.48. The second-order valence-corrected chi connectivity index (χ2v) is 9.10. The van der Waals surface area contributed by atoms with Crippen molar-refractivity contribution in [2.24, 2.45) is 29.1 Å². The Hall–Kier alpha value is -0.610. The van der Waals surface area contributed by atoms with Gasteiger partial charge in [-0.2, -0.15) is 0 Å². The third-order valence-corrected chi connectivity index (χ3v) is 7.11. The molecule has 0 aromatic rings. The number of epoxide rings is 1. The number of carbonyl (C=O) groups excluding carboxylic acids is 1. The summed E-state index contributed by atoms with van der Waals surface area (Å²) in [6.45, 7) is 10.8. The lowest BCUT2D eigenvalue weighted by Gasteiger charge is -2.48. The first-order chi connectivity index (χ1) is 10.9. The van der Waals surface area contributed by atoms with E-state index in [0.29, 0.717) is 11.8 Å². The van der Waals surface area contributed by atoms with Crippen LogP contribution in [0.15, 0.2) is 0 Å². The average Bonchev–Trinajstić information content (AvgIpc) is 3.14. The zero-order chi connectivity index (χ0) is 16.4. The fourth-order valence-corrected chi connectivity index (χ4v) is 5.99. The maximum atomic E-state index is 12.5. The molecule has 1 spiro atoms. The van der Waals surface area contributed by atoms with Crippen molar-refractivity contribution < 1.29 is 14.3 Å². The number of esters is 1. The van der Waals surface area contributed by atoms with Crippen LogP contribution in [0.4, 0.5) is 0 Å². The Bertz CT molecular complexity index is 507. The molecule has 0 radical (unpaired) electrons. The van der Waals surface area contributed by atoms with Crippen LogP contribution in [-0.4, -0.2) is 36.9 Å². The Labute approximate surface area is 139 Å². The Morgan fingerprint density at radius 3 is 2.91 bits per heavy atom. The summed E-state index contributed by atoms with van der Waals surface area (Å²) in [5, 5.41) is 3.46. The van der Waals surface area contributed by atoms with E-state index in [4.69, 9.17) is 9.47 Å². The summed E-state index contributed by atoms with van der Waals surface area (Å²) < 4.78 is 12.3. The van der Waals surface area contributed by atoms with E-state index in [0.717, 1.165) is 19.5 Å². The molecule has 1 N–H and O–H groups in total. The molecule has 23 heavy (non-hydrogen) atoms. The quantitative estimate of drug-likeness (QED) is 0.639. The number of ether oxygens (including phenoxy) is 2. The van der Waals surface area contributed by atoms with Gasteiger partial charge in [0.05, 0.1) is 12.0 Å². The standard InChI is InChI=1S/C19H31NO3/c1-11(2)9-20-10-13-15-14(22-17(13)21)8-18(4)7-5-6-12(3)19(18)16(15)23-19/h11-16,20H,5-10H2,1-4H3/t12-,13+,14+,15+,16-,18+,19-/m0/s1. The van der Waals surface area contributed by atoms with E-state index >= 15 is 0 Å². The molecule has 2 saturated carbocycles. The molecule has 4 aliphatic rings. The average molecular weight is 321 g/mol. The van der Waals surface area contributed by atoms with Crippen molar-refractivity contribution in [1.29, 1.82) is 0 Å². The topological polar surface area (TPSA) is 50.9 Å². The summed E-state index contributed by atoms with van der Waals surface area (Å²) in [5.74, 6) is 1.43. The minimum absolute atomic E-state index is 0.00296. The van der Waals surface area contributed by atoms with Gasteiger partial charge >= 0.3 is 5.97 Å². The van der Waals surface area contributed by atoms with Crippen LogP contribution in [0.2, 0.25) is 0 Å². The zero-order valence-electron chi connectivity index (χ0n) is 14.9. The monoisotopic (exact) mass is 321 g/mol. The molecule has 0 amide bonds. The van der Waals surface area contributed by atoms with Crippen molar-refractivity contribution in [3.63, 3.8) is 0 Å². The molecular weight excluding hydrogens is 290 g/mol. The van der Waals surface area contributed by atoms with Crippen LogP contribution in [0.3, 0.4) is 0 Å². The van der Waals surface area contributed by atoms with Crippen molar-refractivity contribution in [3.8, 4) is 0 Å². The second kappa shape index (κ2) is 5.19. The normalized spacial score (nSPS) is 51.0. The molecule has 4 heteroatoms. The molecule has 4 fully saturated rings. The van der Waals surface area contributed by atoms with Crippen LogP contribution in [-0.2, 0) is 14.3 Å². The van der Waals surface area contributed by atoms with Gasteiger partial charge in [-0.3, -0.25) is 4.79 Å². The summed E-state index contributed by atoms with van der Waals surface area (Å²) in [5.41, 5.74) is 0.216. The van der Waals surface area contributed by atoms with Crippen LogP contribution in [0, 0.1) is 29.1 Å². The molecular formula is C19H31NO3. The van der Waals surface area contributed by atoms with Crippen molar-refractivity contribution in [1.82, 2.24) is 5.32 Å². The van der Waals surface area contributed by atoms with E-state index < -0.39 is 0 Å². The van der Waals surface area contributed by atoms with Crippen molar-refractivity contribution in [2.75, 3.05) is 13.1 Å². The highest BCUT2D eigenvalue weighted by atomic mass is 16.6. The molecule has 4 nitrogen and oxygen atoms in total. The minimum atomic E-state index is -0.0261. The Balaban J connectivity index is 1.54. The Morgan fingerprint density at radius 1 is 1.39 bits per heavy atom. The lowest BCUT2D eigenvalue weighted by Crippen LogP contribution is -2.54. The predicted octanol–water partition coefficient (Wildman–Crippen LogP) is 2.76. The largest absolute Gasteiger partial charge is 0.462 e. The molecule has 4 rings (SSSR count). The van der Waals surface area contributed by atoms with Crippen LogP contribution < -0.4 is 5.32 Å². The van der Waals surface area contributed by atoms with Crippen LogP contribution in [0.25, 0.3) is 0 Å². The first-order valence-electron chi connectivity index (χ1n) is 9.48. The molecule has 0 aromatic carbocycles. The molecule has 7 atom stereocenters. The van der Waals surface area contributed by atoms with Gasteiger partial charge in [-0.25, -0.2) is 0 Å². The minimum Gasteiger partial charge on any atom is -0.462 e. The SMILES string of the molecule is CC(C)CNC[C@H]1C(=O)O[C@@H]2C[C@@]3(C)CCC[C@H](C)[C@@]34O[C@H]4[C@@H]21. The molecule has 0 unspecified atom stereocenters. The number of carbonyl (C=O) groups is 1. The van der Waals surface area contributed by atoms with E-state index in [1.165, 1.54) is 19.3 Å². The third-order valence-electron chi connectivity index (χ3n) is 7.11. The fraction of sp³-hybridized carbons (Fsp3) is 0.947. The summed E-state index contributed by atoms with van der Waals surface area (Å²) in [4.78, 5) is 12.5. The summed E-state index contributed by atoms with van der Waals surface area (Å²) in [7, 11) is 0. The van der Waals surface area contributed by atoms with E-state index in [1.54, 1.807) is 0 Å². The van der Waals surface area contributed by atoms with E-state index in [2.05, 4.69) is 33.0 Å². The number of hydrogen-bond donors (Lipinski definition) is 1. The molecule has 130 valence electrons. The van der Waals surface area contributed by atoms with Crippen LogP contribution in [0.1, 0.15) is 53.4 Å². The predicted molar refractivity (Wildman–Crippen MR) is 87.9 cm³/mol. The van der Waals surface area contributed by atoms with E-state index in [9.17, 15) is 4.79 Å². The molecule has 2 saturated heterocycles. The molecule has 2 heterocycles. The molecule has 0 bridgehead atoms. The zero-order valence-corrected chi connectivity index (χ0v) is 14.9. The second-order valence-electron chi connectivity index (χ2n) is 9.10. The lowest BCUT2D eigenvalue weighted by molar-refractivity contribution is -0.146. The highest BCUT2D eigenvalue weighted by Crippen LogP contribution is 2.70. The van der Waals surface area contributed by atoms with E-state index in [-0.39, 0.29) is 41.0 Å². The van der Waals surface area contributed by atoms with Gasteiger partial charge in [0, 0.05) is 17.9 Å². The van der Waals surface area contributed by atoms with Gasteiger partial charge in [0.2, 0.25) is 0 Å². The van der Waals surface area contributed by atoms with Gasteiger partial charge in [0.25, 0.3) is 0 Å². The van der Waals surface area contributed by atoms with Gasteiger partial charge in [-0.1, -0.05) is 34.1 Å². The number of nitrogens with one attached hydrogen (secondary N) is 1. The van der Waals surface area contributed by atoms with Gasteiger partial charge in [0.15, 0.2) is 0 Å². The van der Waals surface area contributed by atoms with Gasteiger partial charge in [-0.05, 0) is 37.6 Å². The Kier molecular flexibility index (Phi) is 3.59. The van der Waals surface area contributed by atoms with Crippen molar-refractivity contribution in [3.05, 3.63) is 0 Å². The summed E-state index contributed by atoms with van der Waals surface area (Å²) >= 11 is 0. The fourth-order valence-electron chi connectivity index (χ4n) is 5.99. The molecule has 2 aliphatic heterocycles. The lowest BCUT2D eigenvalue weighted by atomic mass is 9.53. The van der Waals surface area contributed by atoms with Gasteiger partial charge in [-0.15, -0.1) is 0 Å². The van der Waals surface area contributed by atoms with Crippen molar-refractivity contribution in [2.45, 2.75) is 71.2 Å². The van der Waals surface area contributed by atoms with Crippen molar-refractivity contribution >= 4 is 5.97 Å². The van der Waals surface area contributed by atoms with E-state index in [1.807, 2.05) is 0 Å². The Morgan fingerprint density at radius 2 is 2.17 bits per heavy atom. The highest BCUT2D eigenvalue weighted by Gasteiger charge is 2.78. The van der Waals surface area contributed by atoms with Gasteiger partial charge in [0.1, 0.15) is 11.7 Å². The van der Waals surface area contributed by atoms with Crippen LogP contribution in [0.5, 0.6) is 0 Å². The maximum Gasteiger partial charge on any atom is 0.311 e. The smallest absolute Gasteiger partial charge is 0.311 e. The first kappa shape index (κ1) is 15.9. The molecule has 0 aromatic heterocycles. The summed E-state index contributed by atoms with van der Waals surface area (Å²) in [6.07, 6.45) is 5.05. The number of hydrogen-bond acceptors (Lipinski definition) is 4. The molecule has 2 aliphatic carbocycles. The van der Waals surface area contributed by atoms with Crippen LogP contribution >= 0.6 is 0 Å². The maximum absolute atomic E-state index is 12.5. The van der Waals surface area contributed by atoms with Gasteiger partial charge < -0.3 is 14.8 Å². The third kappa shape index (κ3) is 2.13. The number of rotatable bonds is 4. The summed E-state index contributed by atoms with van der Waals surface area (Å²) in [6, 6.07) is 0. The number of fused-ring (bicyclic) bond motifs is 2.